The van der Waals surface area contributed by atoms with Crippen LogP contribution in [0, 0.1) is 0 Å². The molecule has 1 aliphatic carbocycles. The standard InChI is InChI=1S/C13H24N2O3/c1-2-14-10(13(16)17)9-15-7-8-18-12-6-4-3-5-11(12)15/h10-12,14H,2-9H2,1H3,(H,16,17). The minimum atomic E-state index is -0.754. The first-order chi connectivity index (χ1) is 8.72. The van der Waals surface area contributed by atoms with Crippen LogP contribution in [0.5, 0.6) is 0 Å². The summed E-state index contributed by atoms with van der Waals surface area (Å²) in [5, 5.41) is 12.3. The lowest BCUT2D eigenvalue weighted by atomic mass is 9.90. The van der Waals surface area contributed by atoms with Crippen molar-refractivity contribution < 1.29 is 14.6 Å². The Balaban J connectivity index is 1.95. The van der Waals surface area contributed by atoms with E-state index in [1.807, 2.05) is 6.92 Å². The maximum atomic E-state index is 11.2. The molecule has 2 N–H and O–H groups in total. The molecule has 5 nitrogen and oxygen atoms in total. The van der Waals surface area contributed by atoms with Crippen molar-refractivity contribution >= 4 is 5.97 Å². The van der Waals surface area contributed by atoms with Gasteiger partial charge in [0, 0.05) is 19.1 Å². The average Bonchev–Trinajstić information content (AvgIpc) is 2.38. The molecule has 2 fully saturated rings. The summed E-state index contributed by atoms with van der Waals surface area (Å²) < 4.78 is 5.80. The van der Waals surface area contributed by atoms with Crippen molar-refractivity contribution in [3.05, 3.63) is 0 Å². The second kappa shape index (κ2) is 6.50. The van der Waals surface area contributed by atoms with Crippen LogP contribution in [0.2, 0.25) is 0 Å². The van der Waals surface area contributed by atoms with Gasteiger partial charge in [0.15, 0.2) is 0 Å². The normalized spacial score (nSPS) is 30.7. The van der Waals surface area contributed by atoms with Crippen LogP contribution in [-0.2, 0) is 9.53 Å². The topological polar surface area (TPSA) is 61.8 Å². The predicted octanol–water partition coefficient (Wildman–Crippen LogP) is 0.693. The molecule has 0 aromatic carbocycles. The van der Waals surface area contributed by atoms with Gasteiger partial charge in [-0.05, 0) is 19.4 Å². The van der Waals surface area contributed by atoms with Crippen molar-refractivity contribution in [1.82, 2.24) is 10.2 Å². The molecule has 0 spiro atoms. The molecule has 0 aromatic rings. The quantitative estimate of drug-likeness (QED) is 0.758. The van der Waals surface area contributed by atoms with Crippen molar-refractivity contribution in [2.45, 2.75) is 50.8 Å². The van der Waals surface area contributed by atoms with E-state index in [-0.39, 0.29) is 0 Å². The summed E-state index contributed by atoms with van der Waals surface area (Å²) in [6, 6.07) is -0.0383. The number of carboxylic acids is 1. The van der Waals surface area contributed by atoms with Crippen LogP contribution in [0.4, 0.5) is 0 Å². The number of hydrogen-bond acceptors (Lipinski definition) is 4. The third-order valence-electron chi connectivity index (χ3n) is 4.01. The molecule has 104 valence electrons. The first-order valence-electron chi connectivity index (χ1n) is 7.04. The Bertz CT molecular complexity index is 283. The van der Waals surface area contributed by atoms with E-state index in [0.717, 1.165) is 26.0 Å². The van der Waals surface area contributed by atoms with Gasteiger partial charge in [0.25, 0.3) is 0 Å². The highest BCUT2D eigenvalue weighted by atomic mass is 16.5. The van der Waals surface area contributed by atoms with Crippen molar-refractivity contribution in [2.24, 2.45) is 0 Å². The SMILES string of the molecule is CCNC(CN1CCOC2CCCCC21)C(=O)O. The van der Waals surface area contributed by atoms with Crippen molar-refractivity contribution in [2.75, 3.05) is 26.2 Å². The first-order valence-corrected chi connectivity index (χ1v) is 7.04. The van der Waals surface area contributed by atoms with Gasteiger partial charge in [0.05, 0.1) is 12.7 Å². The Hall–Kier alpha value is -0.650. The van der Waals surface area contributed by atoms with Crippen LogP contribution in [0.25, 0.3) is 0 Å². The number of likely N-dealkylation sites (N-methyl/N-ethyl adjacent to an activating group) is 1. The Morgan fingerprint density at radius 3 is 3.00 bits per heavy atom. The summed E-state index contributed by atoms with van der Waals surface area (Å²) in [4.78, 5) is 13.5. The zero-order valence-corrected chi connectivity index (χ0v) is 11.1. The number of morpholine rings is 1. The minimum Gasteiger partial charge on any atom is -0.480 e. The van der Waals surface area contributed by atoms with Crippen LogP contribution in [0.15, 0.2) is 0 Å². The molecule has 3 unspecified atom stereocenters. The molecule has 0 amide bonds. The third kappa shape index (κ3) is 3.22. The molecule has 1 saturated heterocycles. The minimum absolute atomic E-state index is 0.323. The number of nitrogens with one attached hydrogen (secondary N) is 1. The van der Waals surface area contributed by atoms with Crippen LogP contribution in [0.3, 0.4) is 0 Å². The number of carboxylic acid groups (broad SMARTS) is 1. The lowest BCUT2D eigenvalue weighted by molar-refractivity contribution is -0.142. The summed E-state index contributed by atoms with van der Waals surface area (Å²) >= 11 is 0. The first kappa shape index (κ1) is 13.8. The van der Waals surface area contributed by atoms with Gasteiger partial charge >= 0.3 is 5.97 Å². The summed E-state index contributed by atoms with van der Waals surface area (Å²) in [7, 11) is 0. The Labute approximate surface area is 108 Å². The van der Waals surface area contributed by atoms with E-state index >= 15 is 0 Å². The third-order valence-corrected chi connectivity index (χ3v) is 4.01. The van der Waals surface area contributed by atoms with Gasteiger partial charge in [0.2, 0.25) is 0 Å². The summed E-state index contributed by atoms with van der Waals surface area (Å²) in [6.45, 7) is 4.82. The number of carbonyl (C=O) groups is 1. The maximum Gasteiger partial charge on any atom is 0.322 e. The number of rotatable bonds is 5. The van der Waals surface area contributed by atoms with Gasteiger partial charge in [-0.1, -0.05) is 19.8 Å². The molecule has 2 rings (SSSR count). The number of hydrogen-bond donors (Lipinski definition) is 2. The molecule has 0 radical (unpaired) electrons. The summed E-state index contributed by atoms with van der Waals surface area (Å²) in [6.07, 6.45) is 5.07. The van der Waals surface area contributed by atoms with E-state index in [1.165, 1.54) is 12.8 Å². The highest BCUT2D eigenvalue weighted by molar-refractivity contribution is 5.73. The molecule has 0 aromatic heterocycles. The van der Waals surface area contributed by atoms with Crippen LogP contribution in [-0.4, -0.2) is 60.4 Å². The molecule has 1 aliphatic heterocycles. The molecule has 0 bridgehead atoms. The fourth-order valence-corrected chi connectivity index (χ4v) is 3.11. The van der Waals surface area contributed by atoms with Gasteiger partial charge < -0.3 is 15.2 Å². The molecule has 5 heteroatoms. The molecule has 18 heavy (non-hydrogen) atoms. The van der Waals surface area contributed by atoms with E-state index in [1.54, 1.807) is 0 Å². The van der Waals surface area contributed by atoms with Crippen molar-refractivity contribution in [3.8, 4) is 0 Å². The highest BCUT2D eigenvalue weighted by Crippen LogP contribution is 2.28. The second-order valence-corrected chi connectivity index (χ2v) is 5.20. The Morgan fingerprint density at radius 2 is 2.28 bits per heavy atom. The number of ether oxygens (including phenoxy) is 1. The van der Waals surface area contributed by atoms with Crippen molar-refractivity contribution in [3.63, 3.8) is 0 Å². The molecule has 1 heterocycles. The predicted molar refractivity (Wildman–Crippen MR) is 68.7 cm³/mol. The van der Waals surface area contributed by atoms with E-state index in [2.05, 4.69) is 10.2 Å². The smallest absolute Gasteiger partial charge is 0.322 e. The monoisotopic (exact) mass is 256 g/mol. The van der Waals surface area contributed by atoms with E-state index in [4.69, 9.17) is 4.74 Å². The second-order valence-electron chi connectivity index (χ2n) is 5.20. The van der Waals surface area contributed by atoms with Crippen LogP contribution < -0.4 is 5.32 Å². The number of nitrogens with zero attached hydrogens (tertiary/aromatic N) is 1. The molecule has 2 aliphatic rings. The van der Waals surface area contributed by atoms with Gasteiger partial charge in [-0.2, -0.15) is 0 Å². The highest BCUT2D eigenvalue weighted by Gasteiger charge is 2.35. The largest absolute Gasteiger partial charge is 0.480 e. The Kier molecular flexibility index (Phi) is 4.97. The van der Waals surface area contributed by atoms with E-state index in [0.29, 0.717) is 25.2 Å². The van der Waals surface area contributed by atoms with Crippen LogP contribution >= 0.6 is 0 Å². The lowest BCUT2D eigenvalue weighted by Crippen LogP contribution is -2.57. The maximum absolute atomic E-state index is 11.2. The average molecular weight is 256 g/mol. The molecular formula is C13H24N2O3. The van der Waals surface area contributed by atoms with E-state index < -0.39 is 12.0 Å². The lowest BCUT2D eigenvalue weighted by Gasteiger charge is -2.44. The fraction of sp³-hybridized carbons (Fsp3) is 0.923. The van der Waals surface area contributed by atoms with E-state index in [9.17, 15) is 9.90 Å². The molecule has 1 saturated carbocycles. The van der Waals surface area contributed by atoms with Gasteiger partial charge in [-0.25, -0.2) is 0 Å². The van der Waals surface area contributed by atoms with Gasteiger partial charge in [0.1, 0.15) is 6.04 Å². The zero-order valence-electron chi connectivity index (χ0n) is 11.1. The zero-order chi connectivity index (χ0) is 13.0. The molecular weight excluding hydrogens is 232 g/mol. The Morgan fingerprint density at radius 1 is 1.50 bits per heavy atom. The fourth-order valence-electron chi connectivity index (χ4n) is 3.11. The van der Waals surface area contributed by atoms with Crippen LogP contribution in [0.1, 0.15) is 32.6 Å². The number of aliphatic carboxylic acids is 1. The molecule has 3 atom stereocenters. The van der Waals surface area contributed by atoms with Crippen molar-refractivity contribution in [1.29, 1.82) is 0 Å². The van der Waals surface area contributed by atoms with Gasteiger partial charge in [-0.15, -0.1) is 0 Å². The number of fused-ring (bicyclic) bond motifs is 1. The summed E-state index contributed by atoms with van der Waals surface area (Å²) in [5.41, 5.74) is 0. The van der Waals surface area contributed by atoms with Gasteiger partial charge in [-0.3, -0.25) is 9.69 Å². The summed E-state index contributed by atoms with van der Waals surface area (Å²) in [5.74, 6) is -0.754.